The molecule has 0 spiro atoms. The first kappa shape index (κ1) is 17.3. The summed E-state index contributed by atoms with van der Waals surface area (Å²) in [4.78, 5) is 4.23. The Bertz CT molecular complexity index is 885. The highest BCUT2D eigenvalue weighted by atomic mass is 79.9. The van der Waals surface area contributed by atoms with Gasteiger partial charge in [0.05, 0.1) is 21.3 Å². The molecule has 0 bridgehead atoms. The maximum absolute atomic E-state index is 14.0. The lowest BCUT2D eigenvalue weighted by Crippen LogP contribution is -1.92. The number of rotatable bonds is 5. The number of methoxy groups -OCH3 is 3. The number of hydrogen-bond acceptors (Lipinski definition) is 5. The molecular formula is C18H15BrFNO4. The zero-order chi connectivity index (χ0) is 18.0. The smallest absolute Gasteiger partial charge is 0.182 e. The number of hydrogen-bond donors (Lipinski definition) is 0. The molecule has 0 aliphatic carbocycles. The summed E-state index contributed by atoms with van der Waals surface area (Å²) in [7, 11) is 4.53. The molecule has 0 aliphatic rings. The predicted octanol–water partition coefficient (Wildman–Crippen LogP) is 4.94. The average molecular weight is 408 g/mol. The quantitative estimate of drug-likeness (QED) is 0.599. The largest absolute Gasteiger partial charge is 0.495 e. The summed E-state index contributed by atoms with van der Waals surface area (Å²) >= 11 is 3.43. The highest BCUT2D eigenvalue weighted by molar-refractivity contribution is 9.10. The summed E-state index contributed by atoms with van der Waals surface area (Å²) in [5.41, 5.74) is 1.77. The Labute approximate surface area is 152 Å². The van der Waals surface area contributed by atoms with Crippen LogP contribution in [-0.4, -0.2) is 26.3 Å². The van der Waals surface area contributed by atoms with Crippen molar-refractivity contribution in [1.82, 2.24) is 4.98 Å². The van der Waals surface area contributed by atoms with E-state index in [1.807, 2.05) is 0 Å². The Morgan fingerprint density at radius 3 is 2.12 bits per heavy atom. The van der Waals surface area contributed by atoms with E-state index in [0.29, 0.717) is 38.6 Å². The predicted molar refractivity (Wildman–Crippen MR) is 94.7 cm³/mol. The summed E-state index contributed by atoms with van der Waals surface area (Å²) in [5.74, 6) is 1.34. The van der Waals surface area contributed by atoms with E-state index in [1.165, 1.54) is 19.6 Å². The van der Waals surface area contributed by atoms with Crippen LogP contribution in [-0.2, 0) is 0 Å². The third kappa shape index (κ3) is 3.19. The van der Waals surface area contributed by atoms with Crippen LogP contribution < -0.4 is 14.2 Å². The van der Waals surface area contributed by atoms with E-state index in [-0.39, 0.29) is 5.75 Å². The highest BCUT2D eigenvalue weighted by Gasteiger charge is 2.18. The van der Waals surface area contributed by atoms with E-state index in [2.05, 4.69) is 20.9 Å². The fraction of sp³-hybridized carbons (Fsp3) is 0.167. The molecule has 7 heteroatoms. The third-order valence-electron chi connectivity index (χ3n) is 3.70. The van der Waals surface area contributed by atoms with Gasteiger partial charge in [-0.25, -0.2) is 9.37 Å². The molecule has 0 fully saturated rings. The van der Waals surface area contributed by atoms with Crippen molar-refractivity contribution < 1.29 is 23.0 Å². The molecule has 3 rings (SSSR count). The second kappa shape index (κ2) is 7.14. The summed E-state index contributed by atoms with van der Waals surface area (Å²) in [6, 6.07) is 8.20. The van der Waals surface area contributed by atoms with Crippen molar-refractivity contribution in [1.29, 1.82) is 0 Å². The first-order chi connectivity index (χ1) is 12.1. The molecule has 130 valence electrons. The van der Waals surface area contributed by atoms with Crippen LogP contribution in [0.3, 0.4) is 0 Å². The van der Waals surface area contributed by atoms with Gasteiger partial charge in [-0.3, -0.25) is 0 Å². The van der Waals surface area contributed by atoms with E-state index in [0.717, 1.165) is 0 Å². The molecule has 25 heavy (non-hydrogen) atoms. The molecule has 0 amide bonds. The van der Waals surface area contributed by atoms with Crippen molar-refractivity contribution in [3.63, 3.8) is 0 Å². The molecule has 2 aromatic carbocycles. The van der Waals surface area contributed by atoms with Gasteiger partial charge in [-0.15, -0.1) is 0 Å². The van der Waals surface area contributed by atoms with Gasteiger partial charge >= 0.3 is 0 Å². The van der Waals surface area contributed by atoms with Gasteiger partial charge < -0.3 is 18.6 Å². The molecule has 0 radical (unpaired) electrons. The molecule has 5 nitrogen and oxygen atoms in total. The lowest BCUT2D eigenvalue weighted by Gasteiger charge is -2.11. The second-order valence-electron chi connectivity index (χ2n) is 5.07. The Balaban J connectivity index is 2.13. The monoisotopic (exact) mass is 407 g/mol. The topological polar surface area (TPSA) is 53.7 Å². The lowest BCUT2D eigenvalue weighted by atomic mass is 10.0. The Morgan fingerprint density at radius 2 is 1.56 bits per heavy atom. The van der Waals surface area contributed by atoms with Crippen molar-refractivity contribution in [2.75, 3.05) is 21.3 Å². The van der Waals surface area contributed by atoms with Crippen molar-refractivity contribution in [2.24, 2.45) is 0 Å². The molecule has 0 saturated heterocycles. The molecule has 0 N–H and O–H groups in total. The fourth-order valence-corrected chi connectivity index (χ4v) is 3.02. The van der Waals surface area contributed by atoms with Gasteiger partial charge in [-0.1, -0.05) is 0 Å². The van der Waals surface area contributed by atoms with Crippen molar-refractivity contribution >= 4 is 15.9 Å². The van der Waals surface area contributed by atoms with Crippen LogP contribution in [0.5, 0.6) is 17.2 Å². The maximum Gasteiger partial charge on any atom is 0.182 e. The number of nitrogens with zero attached hydrogens (tertiary/aromatic N) is 1. The lowest BCUT2D eigenvalue weighted by molar-refractivity contribution is 0.386. The minimum atomic E-state index is -0.472. The van der Waals surface area contributed by atoms with Gasteiger partial charge in [0.2, 0.25) is 0 Å². The molecule has 1 aromatic heterocycles. The number of aromatic nitrogens is 1. The molecule has 0 atom stereocenters. The number of halogens is 2. The van der Waals surface area contributed by atoms with Crippen LogP contribution in [0.25, 0.3) is 22.6 Å². The number of benzene rings is 2. The van der Waals surface area contributed by atoms with Crippen LogP contribution >= 0.6 is 15.9 Å². The third-order valence-corrected chi connectivity index (χ3v) is 4.48. The summed E-state index contributed by atoms with van der Waals surface area (Å²) in [6.07, 6.45) is 1.31. The SMILES string of the molecule is COc1ccc(-c2ncoc2-c2cc(OC)c(Br)c(OC)c2)cc1F. The maximum atomic E-state index is 14.0. The van der Waals surface area contributed by atoms with Gasteiger partial charge in [-0.2, -0.15) is 0 Å². The Hall–Kier alpha value is -2.54. The molecular weight excluding hydrogens is 393 g/mol. The van der Waals surface area contributed by atoms with Crippen molar-refractivity contribution in [3.05, 3.63) is 47.0 Å². The minimum Gasteiger partial charge on any atom is -0.495 e. The minimum absolute atomic E-state index is 0.167. The molecule has 3 aromatic rings. The zero-order valence-corrected chi connectivity index (χ0v) is 15.4. The van der Waals surface area contributed by atoms with Crippen LogP contribution in [0.2, 0.25) is 0 Å². The standard InChI is InChI=1S/C18H15BrFNO4/c1-22-13-5-4-10(6-12(13)20)17-18(25-9-21-17)11-7-14(23-2)16(19)15(8-11)24-3/h4-9H,1-3H3. The average Bonchev–Trinajstić information content (AvgIpc) is 3.11. The van der Waals surface area contributed by atoms with E-state index >= 15 is 0 Å². The summed E-state index contributed by atoms with van der Waals surface area (Å²) in [6.45, 7) is 0. The first-order valence-corrected chi connectivity index (χ1v) is 8.07. The van der Waals surface area contributed by atoms with Gasteiger partial charge in [-0.05, 0) is 46.3 Å². The molecule has 0 aliphatic heterocycles. The van der Waals surface area contributed by atoms with Crippen LogP contribution in [0.4, 0.5) is 4.39 Å². The van der Waals surface area contributed by atoms with E-state index < -0.39 is 5.82 Å². The van der Waals surface area contributed by atoms with Crippen molar-refractivity contribution in [2.45, 2.75) is 0 Å². The van der Waals surface area contributed by atoms with Gasteiger partial charge in [0.25, 0.3) is 0 Å². The van der Waals surface area contributed by atoms with Crippen LogP contribution in [0.1, 0.15) is 0 Å². The molecule has 1 heterocycles. The second-order valence-corrected chi connectivity index (χ2v) is 5.87. The van der Waals surface area contributed by atoms with Crippen LogP contribution in [0, 0.1) is 5.82 Å². The van der Waals surface area contributed by atoms with E-state index in [4.69, 9.17) is 18.6 Å². The van der Waals surface area contributed by atoms with Crippen LogP contribution in [0.15, 0.2) is 45.6 Å². The number of ether oxygens (including phenoxy) is 3. The van der Waals surface area contributed by atoms with E-state index in [9.17, 15) is 4.39 Å². The zero-order valence-electron chi connectivity index (χ0n) is 13.8. The van der Waals surface area contributed by atoms with E-state index in [1.54, 1.807) is 38.5 Å². The summed E-state index contributed by atoms with van der Waals surface area (Å²) in [5, 5.41) is 0. The van der Waals surface area contributed by atoms with Gasteiger partial charge in [0.1, 0.15) is 21.7 Å². The Kier molecular flexibility index (Phi) is 4.94. The fourth-order valence-electron chi connectivity index (χ4n) is 2.47. The highest BCUT2D eigenvalue weighted by Crippen LogP contribution is 2.41. The first-order valence-electron chi connectivity index (χ1n) is 7.28. The molecule has 0 saturated carbocycles. The van der Waals surface area contributed by atoms with Gasteiger partial charge in [0.15, 0.2) is 23.7 Å². The number of oxazole rings is 1. The summed E-state index contributed by atoms with van der Waals surface area (Å²) < 4.78 is 35.9. The molecule has 0 unspecified atom stereocenters. The van der Waals surface area contributed by atoms with Gasteiger partial charge in [0, 0.05) is 11.1 Å². The van der Waals surface area contributed by atoms with Crippen molar-refractivity contribution in [3.8, 4) is 39.8 Å². The Morgan fingerprint density at radius 1 is 0.920 bits per heavy atom. The normalized spacial score (nSPS) is 10.6.